The normalized spacial score (nSPS) is 10.7. The number of nitrogens with one attached hydrogen (secondary N) is 1. The smallest absolute Gasteiger partial charge is 0.336 e. The molecule has 0 unspecified atom stereocenters. The van der Waals surface area contributed by atoms with Gasteiger partial charge in [0, 0.05) is 11.8 Å². The summed E-state index contributed by atoms with van der Waals surface area (Å²) in [5.41, 5.74) is 1.80. The van der Waals surface area contributed by atoms with Crippen LogP contribution >= 0.6 is 22.9 Å². The minimum Gasteiger partial charge on any atom is -0.336 e. The molecule has 0 fully saturated rings. The van der Waals surface area contributed by atoms with Gasteiger partial charge in [0.05, 0.1) is 16.1 Å². The summed E-state index contributed by atoms with van der Waals surface area (Å²) in [6, 6.07) is 11.4. The molecule has 5 nitrogen and oxygen atoms in total. The highest BCUT2D eigenvalue weighted by molar-refractivity contribution is 7.19. The van der Waals surface area contributed by atoms with E-state index in [2.05, 4.69) is 5.32 Å². The average Bonchev–Trinajstić information content (AvgIpc) is 3.11. The van der Waals surface area contributed by atoms with Crippen molar-refractivity contribution in [3.8, 4) is 21.6 Å². The summed E-state index contributed by atoms with van der Waals surface area (Å²) in [4.78, 5) is 23.9. The summed E-state index contributed by atoms with van der Waals surface area (Å²) in [6.07, 6.45) is 1.58. The molecule has 0 saturated carbocycles. The van der Waals surface area contributed by atoms with Crippen LogP contribution < -0.4 is 10.9 Å². The first kappa shape index (κ1) is 15.6. The van der Waals surface area contributed by atoms with Crippen molar-refractivity contribution < 1.29 is 9.32 Å². The molecular formula is C16H13ClN2O3S. The summed E-state index contributed by atoms with van der Waals surface area (Å²) in [7, 11) is 0. The molecule has 3 aromatic rings. The quantitative estimate of drug-likeness (QED) is 0.783. The lowest BCUT2D eigenvalue weighted by molar-refractivity contribution is -0.119. The number of hydrogen-bond donors (Lipinski definition) is 1. The standard InChI is InChI=1S/C16H13ClN2O3S/c1-10(20)18-9-19-8-13(16(21)22-19)11-2-4-12(5-3-11)14-6-7-15(17)23-14/h2-8H,9H2,1H3,(H,18,20). The van der Waals surface area contributed by atoms with Gasteiger partial charge in [0.2, 0.25) is 5.91 Å². The van der Waals surface area contributed by atoms with Gasteiger partial charge in [-0.25, -0.2) is 4.79 Å². The fourth-order valence-electron chi connectivity index (χ4n) is 2.12. The third-order valence-electron chi connectivity index (χ3n) is 3.23. The van der Waals surface area contributed by atoms with E-state index in [1.54, 1.807) is 6.20 Å². The Morgan fingerprint density at radius 3 is 2.52 bits per heavy atom. The van der Waals surface area contributed by atoms with E-state index in [1.165, 1.54) is 23.0 Å². The van der Waals surface area contributed by atoms with Crippen molar-refractivity contribution in [2.24, 2.45) is 0 Å². The number of halogens is 1. The van der Waals surface area contributed by atoms with Crippen LogP contribution in [0.25, 0.3) is 21.6 Å². The van der Waals surface area contributed by atoms with Crippen molar-refractivity contribution >= 4 is 28.8 Å². The molecule has 3 rings (SSSR count). The van der Waals surface area contributed by atoms with Gasteiger partial charge in [-0.2, -0.15) is 4.74 Å². The third kappa shape index (κ3) is 3.55. The lowest BCUT2D eigenvalue weighted by Gasteiger charge is -2.00. The van der Waals surface area contributed by atoms with Crippen LogP contribution in [0.2, 0.25) is 4.34 Å². The van der Waals surface area contributed by atoms with Crippen molar-refractivity contribution in [3.63, 3.8) is 0 Å². The summed E-state index contributed by atoms with van der Waals surface area (Å²) in [5.74, 6) is -0.193. The molecule has 118 valence electrons. The molecule has 7 heteroatoms. The molecule has 2 aromatic heterocycles. The van der Waals surface area contributed by atoms with E-state index in [0.29, 0.717) is 5.56 Å². The van der Waals surface area contributed by atoms with Gasteiger partial charge in [-0.3, -0.25) is 4.79 Å². The largest absolute Gasteiger partial charge is 0.365 e. The summed E-state index contributed by atoms with van der Waals surface area (Å²) in [5, 5.41) is 2.57. The Morgan fingerprint density at radius 1 is 1.22 bits per heavy atom. The highest BCUT2D eigenvalue weighted by Crippen LogP contribution is 2.31. The second-order valence-electron chi connectivity index (χ2n) is 4.91. The van der Waals surface area contributed by atoms with Crippen LogP contribution in [0.1, 0.15) is 6.92 Å². The molecule has 0 spiro atoms. The lowest BCUT2D eigenvalue weighted by Crippen LogP contribution is -2.22. The molecule has 0 aliphatic heterocycles. The second-order valence-corrected chi connectivity index (χ2v) is 6.63. The molecule has 0 aliphatic rings. The Balaban J connectivity index is 1.84. The van der Waals surface area contributed by atoms with Gasteiger partial charge in [0.15, 0.2) is 0 Å². The summed E-state index contributed by atoms with van der Waals surface area (Å²) in [6.45, 7) is 1.52. The number of amides is 1. The number of thiophene rings is 1. The van der Waals surface area contributed by atoms with Gasteiger partial charge in [-0.15, -0.1) is 11.3 Å². The van der Waals surface area contributed by atoms with E-state index in [4.69, 9.17) is 16.1 Å². The van der Waals surface area contributed by atoms with E-state index in [-0.39, 0.29) is 12.6 Å². The zero-order valence-corrected chi connectivity index (χ0v) is 13.8. The van der Waals surface area contributed by atoms with Crippen LogP contribution in [0.15, 0.2) is 51.9 Å². The average molecular weight is 349 g/mol. The SMILES string of the molecule is CC(=O)NCn1cc(-c2ccc(-c3ccc(Cl)s3)cc2)c(=O)o1. The Kier molecular flexibility index (Phi) is 4.36. The van der Waals surface area contributed by atoms with Gasteiger partial charge < -0.3 is 9.84 Å². The second kappa shape index (κ2) is 6.44. The van der Waals surface area contributed by atoms with Crippen molar-refractivity contribution in [2.45, 2.75) is 13.6 Å². The lowest BCUT2D eigenvalue weighted by atomic mass is 10.1. The minimum absolute atomic E-state index is 0.121. The van der Waals surface area contributed by atoms with E-state index >= 15 is 0 Å². The summed E-state index contributed by atoms with van der Waals surface area (Å²) < 4.78 is 7.10. The molecule has 0 aliphatic carbocycles. The fourth-order valence-corrected chi connectivity index (χ4v) is 3.17. The van der Waals surface area contributed by atoms with Crippen molar-refractivity contribution in [3.05, 3.63) is 57.4 Å². The molecule has 1 N–H and O–H groups in total. The maximum absolute atomic E-state index is 11.9. The molecule has 0 atom stereocenters. The number of hydrogen-bond acceptors (Lipinski definition) is 4. The Hall–Kier alpha value is -2.31. The van der Waals surface area contributed by atoms with E-state index in [9.17, 15) is 9.59 Å². The number of carbonyl (C=O) groups is 1. The Morgan fingerprint density at radius 2 is 1.91 bits per heavy atom. The Labute approximate surface area is 141 Å². The predicted molar refractivity (Wildman–Crippen MR) is 90.5 cm³/mol. The van der Waals surface area contributed by atoms with Gasteiger partial charge >= 0.3 is 5.63 Å². The molecule has 1 aromatic carbocycles. The molecule has 0 saturated heterocycles. The molecule has 2 heterocycles. The minimum atomic E-state index is -0.442. The van der Waals surface area contributed by atoms with Crippen LogP contribution in [-0.2, 0) is 11.5 Å². The maximum Gasteiger partial charge on any atom is 0.365 e. The van der Waals surface area contributed by atoms with Crippen molar-refractivity contribution in [1.29, 1.82) is 0 Å². The first-order valence-electron chi connectivity index (χ1n) is 6.84. The predicted octanol–water partition coefficient (Wildman–Crippen LogP) is 3.58. The molecule has 1 amide bonds. The van der Waals surface area contributed by atoms with Crippen molar-refractivity contribution in [2.75, 3.05) is 0 Å². The maximum atomic E-state index is 11.9. The van der Waals surface area contributed by atoms with E-state index in [1.807, 2.05) is 36.4 Å². The molecule has 23 heavy (non-hydrogen) atoms. The zero-order valence-electron chi connectivity index (χ0n) is 12.2. The number of benzene rings is 1. The fraction of sp³-hybridized carbons (Fsp3) is 0.125. The highest BCUT2D eigenvalue weighted by Gasteiger charge is 2.10. The molecular weight excluding hydrogens is 336 g/mol. The van der Waals surface area contributed by atoms with Gasteiger partial charge in [-0.1, -0.05) is 35.9 Å². The van der Waals surface area contributed by atoms with Crippen LogP contribution in [0.5, 0.6) is 0 Å². The van der Waals surface area contributed by atoms with Crippen LogP contribution in [-0.4, -0.2) is 10.6 Å². The molecule has 0 bridgehead atoms. The first-order chi connectivity index (χ1) is 11.0. The number of carbonyl (C=O) groups excluding carboxylic acids is 1. The molecule has 0 radical (unpaired) electrons. The van der Waals surface area contributed by atoms with E-state index in [0.717, 1.165) is 20.3 Å². The topological polar surface area (TPSA) is 64.2 Å². The van der Waals surface area contributed by atoms with Gasteiger partial charge in [0.25, 0.3) is 0 Å². The monoisotopic (exact) mass is 348 g/mol. The highest BCUT2D eigenvalue weighted by atomic mass is 35.5. The van der Waals surface area contributed by atoms with Crippen LogP contribution in [0.3, 0.4) is 0 Å². The number of nitrogens with zero attached hydrogens (tertiary/aromatic N) is 1. The van der Waals surface area contributed by atoms with Gasteiger partial charge in [-0.05, 0) is 23.3 Å². The van der Waals surface area contributed by atoms with E-state index < -0.39 is 5.63 Å². The zero-order chi connectivity index (χ0) is 16.4. The van der Waals surface area contributed by atoms with Gasteiger partial charge in [0.1, 0.15) is 6.67 Å². The Bertz CT molecular complexity index is 893. The number of aromatic nitrogens is 1. The third-order valence-corrected chi connectivity index (χ3v) is 4.51. The first-order valence-corrected chi connectivity index (χ1v) is 8.04. The number of rotatable bonds is 4. The van der Waals surface area contributed by atoms with Crippen molar-refractivity contribution in [1.82, 2.24) is 10.1 Å². The summed E-state index contributed by atoms with van der Waals surface area (Å²) >= 11 is 7.44. The van der Waals surface area contributed by atoms with Crippen LogP contribution in [0, 0.1) is 0 Å². The van der Waals surface area contributed by atoms with Crippen LogP contribution in [0.4, 0.5) is 0 Å².